The van der Waals surface area contributed by atoms with Crippen molar-refractivity contribution >= 4 is 50.4 Å². The van der Waals surface area contributed by atoms with Crippen molar-refractivity contribution in [1.82, 2.24) is 30.2 Å². The third-order valence-electron chi connectivity index (χ3n) is 7.93. The summed E-state index contributed by atoms with van der Waals surface area (Å²) in [5.74, 6) is -2.89. The molecule has 0 saturated carbocycles. The molecule has 0 radical (unpaired) electrons. The molecule has 2 aliphatic heterocycles. The molecule has 1 unspecified atom stereocenters. The summed E-state index contributed by atoms with van der Waals surface area (Å²) >= 11 is 0.940. The number of carboxylic acids is 1. The summed E-state index contributed by atoms with van der Waals surface area (Å²) in [5, 5.41) is 20.5. The molecule has 51 heavy (non-hydrogen) atoms. The van der Waals surface area contributed by atoms with Gasteiger partial charge < -0.3 is 36.8 Å². The Morgan fingerprint density at radius 3 is 2.63 bits per heavy atom. The van der Waals surface area contributed by atoms with Crippen LogP contribution in [0.4, 0.5) is 9.52 Å². The van der Waals surface area contributed by atoms with Gasteiger partial charge in [0.1, 0.15) is 42.5 Å². The Hall–Kier alpha value is -4.81. The highest BCUT2D eigenvalue weighted by Gasteiger charge is 2.58. The number of aliphatic carboxylic acids is 1. The van der Waals surface area contributed by atoms with Gasteiger partial charge in [0, 0.05) is 31.0 Å². The van der Waals surface area contributed by atoms with Crippen molar-refractivity contribution in [2.24, 2.45) is 10.9 Å². The zero-order chi connectivity index (χ0) is 37.1. The van der Waals surface area contributed by atoms with Crippen molar-refractivity contribution in [2.45, 2.75) is 56.6 Å². The lowest BCUT2D eigenvalue weighted by atomic mass is 9.84. The lowest BCUT2D eigenvalue weighted by Gasteiger charge is -2.50. The first-order valence-electron chi connectivity index (χ1n) is 15.3. The van der Waals surface area contributed by atoms with Crippen LogP contribution < -0.4 is 31.4 Å². The van der Waals surface area contributed by atoms with Gasteiger partial charge in [0.25, 0.3) is 24.2 Å². The summed E-state index contributed by atoms with van der Waals surface area (Å²) in [6.07, 6.45) is 4.57. The molecule has 2 fully saturated rings. The van der Waals surface area contributed by atoms with Gasteiger partial charge in [0.05, 0.1) is 11.7 Å². The number of nitrogens with two attached hydrogens (primary N) is 2. The number of rotatable bonds is 17. The number of alkyl halides is 1. The predicted molar refractivity (Wildman–Crippen MR) is 174 cm³/mol. The minimum absolute atomic E-state index is 0.0378. The van der Waals surface area contributed by atoms with Gasteiger partial charge in [-0.1, -0.05) is 5.16 Å². The maximum Gasteiger partial charge on any atom is 0.418 e. The number of carboxylic acid groups (broad SMARTS) is 1. The fourth-order valence-corrected chi connectivity index (χ4v) is 6.13. The van der Waals surface area contributed by atoms with Crippen LogP contribution in [0.25, 0.3) is 5.82 Å². The topological polar surface area (TPSA) is 280 Å². The maximum atomic E-state index is 14.9. The van der Waals surface area contributed by atoms with Crippen LogP contribution in [0.5, 0.6) is 5.75 Å². The largest absolute Gasteiger partial charge is 0.487 e. The number of aromatic nitrogens is 4. The number of carbonyl (C=O) groups excluding carboxylic acids is 2. The van der Waals surface area contributed by atoms with Crippen LogP contribution in [0, 0.1) is 0 Å². The summed E-state index contributed by atoms with van der Waals surface area (Å²) in [4.78, 5) is 51.4. The molecule has 3 aromatic heterocycles. The number of hydrogen-bond donors (Lipinski definition) is 6. The Balaban J connectivity index is 1.26. The molecule has 0 bridgehead atoms. The normalized spacial score (nSPS) is 18.8. The molecular formula is C28H36FN10O10S2+. The fraction of sp³-hybridized carbons (Fsp3) is 0.464. The number of oxime groups is 1. The van der Waals surface area contributed by atoms with Crippen molar-refractivity contribution in [3.63, 3.8) is 0 Å². The number of amides is 2. The number of thiazole rings is 1. The van der Waals surface area contributed by atoms with E-state index in [0.29, 0.717) is 23.8 Å². The molecule has 0 aromatic carbocycles. The SMILES string of the molecule is CC1(C)[C@H](NC(=O)/C(=N\OC(COc2ccc(-n3cc(CCCN)[n+](CC4(F)CNC4)c3)nc2)C(=O)O)c2csc(N)n2)C(=O)N1OS(=O)(=O)O. The molecule has 276 valence electrons. The Bertz CT molecular complexity index is 1910. The Morgan fingerprint density at radius 2 is 2.08 bits per heavy atom. The predicted octanol–water partition coefficient (Wildman–Crippen LogP) is -1.51. The first-order chi connectivity index (χ1) is 24.0. The maximum absolute atomic E-state index is 14.9. The molecule has 2 atom stereocenters. The second-order valence-corrected chi connectivity index (χ2v) is 14.1. The summed E-state index contributed by atoms with van der Waals surface area (Å²) in [6.45, 7) is 3.31. The van der Waals surface area contributed by atoms with E-state index < -0.39 is 63.9 Å². The fourth-order valence-electron chi connectivity index (χ4n) is 5.13. The van der Waals surface area contributed by atoms with E-state index in [1.54, 1.807) is 23.0 Å². The number of imidazole rings is 1. The van der Waals surface area contributed by atoms with E-state index in [4.69, 9.17) is 25.6 Å². The van der Waals surface area contributed by atoms with Crippen molar-refractivity contribution in [3.05, 3.63) is 47.6 Å². The van der Waals surface area contributed by atoms with Gasteiger partial charge in [-0.3, -0.25) is 14.1 Å². The number of ether oxygens (including phenoxy) is 1. The van der Waals surface area contributed by atoms with Crippen LogP contribution in [-0.2, 0) is 46.9 Å². The van der Waals surface area contributed by atoms with Gasteiger partial charge >= 0.3 is 16.4 Å². The number of carbonyl (C=O) groups is 3. The zero-order valence-corrected chi connectivity index (χ0v) is 28.9. The monoisotopic (exact) mass is 755 g/mol. The summed E-state index contributed by atoms with van der Waals surface area (Å²) in [7, 11) is -5.04. The summed E-state index contributed by atoms with van der Waals surface area (Å²) in [6, 6.07) is 1.82. The quantitative estimate of drug-likeness (QED) is 0.0301. The highest BCUT2D eigenvalue weighted by molar-refractivity contribution is 7.80. The molecule has 5 heterocycles. The molecule has 3 aromatic rings. The number of nitrogens with zero attached hydrogens (tertiary/aromatic N) is 6. The van der Waals surface area contributed by atoms with Gasteiger partial charge in [-0.2, -0.15) is 18.0 Å². The van der Waals surface area contributed by atoms with Crippen LogP contribution in [-0.4, -0.2) is 111 Å². The van der Waals surface area contributed by atoms with E-state index >= 15 is 0 Å². The summed E-state index contributed by atoms with van der Waals surface area (Å²) < 4.78 is 59.5. The second-order valence-electron chi connectivity index (χ2n) is 12.2. The van der Waals surface area contributed by atoms with Crippen molar-refractivity contribution in [3.8, 4) is 11.6 Å². The molecule has 20 nitrogen and oxygen atoms in total. The average molecular weight is 756 g/mol. The van der Waals surface area contributed by atoms with Crippen molar-refractivity contribution in [1.29, 1.82) is 0 Å². The van der Waals surface area contributed by atoms with Crippen molar-refractivity contribution in [2.75, 3.05) is 32.0 Å². The number of aryl methyl sites for hydroxylation is 1. The minimum Gasteiger partial charge on any atom is -0.487 e. The number of anilines is 1. The van der Waals surface area contributed by atoms with E-state index in [9.17, 15) is 32.3 Å². The number of nitrogen functional groups attached to an aromatic ring is 1. The van der Waals surface area contributed by atoms with Crippen LogP contribution in [0.2, 0.25) is 0 Å². The van der Waals surface area contributed by atoms with Crippen molar-refractivity contribution < 1.29 is 55.3 Å². The number of nitrogens with one attached hydrogen (secondary N) is 2. The van der Waals surface area contributed by atoms with Crippen LogP contribution >= 0.6 is 11.3 Å². The molecule has 23 heteroatoms. The number of hydroxylamine groups is 2. The minimum atomic E-state index is -5.04. The molecular weight excluding hydrogens is 720 g/mol. The number of pyridine rings is 1. The van der Waals surface area contributed by atoms with E-state index in [1.165, 1.54) is 25.4 Å². The Morgan fingerprint density at radius 1 is 1.33 bits per heavy atom. The number of halogens is 1. The lowest BCUT2D eigenvalue weighted by Crippen LogP contribution is -2.76. The van der Waals surface area contributed by atoms with Crippen LogP contribution in [0.3, 0.4) is 0 Å². The molecule has 0 aliphatic carbocycles. The van der Waals surface area contributed by atoms with Gasteiger partial charge in [-0.05, 0) is 32.9 Å². The highest BCUT2D eigenvalue weighted by atomic mass is 32.3. The van der Waals surface area contributed by atoms with Gasteiger partial charge in [0.15, 0.2) is 16.5 Å². The standard InChI is InChI=1S/C28H35FN10O10S2/c1-27(2)22(24(41)39(27)49-51(44,45)46)35-23(40)21(18-11-50-26(31)34-18)36-48-19(25(42)43)10-47-17-5-6-20(33-8-17)37-9-16(4-3-7-30)38(15-37)14-28(29)12-32-13-28/h5-6,8-9,11,15,19,22,32H,3-4,7,10,12-14,30H2,1-2H3,(H4-,31,34,35,40,42,43,44,45,46)/p+1/b36-21-/t19?,22-/m1/s1. The third kappa shape index (κ3) is 8.74. The van der Waals surface area contributed by atoms with Gasteiger partial charge in [-0.15, -0.1) is 15.6 Å². The molecule has 8 N–H and O–H groups in total. The first-order valence-corrected chi connectivity index (χ1v) is 17.5. The third-order valence-corrected chi connectivity index (χ3v) is 8.94. The number of β-lactam (4-membered cyclic amide) rings is 1. The van der Waals surface area contributed by atoms with E-state index in [0.717, 1.165) is 23.5 Å². The second kappa shape index (κ2) is 14.8. The van der Waals surface area contributed by atoms with E-state index in [-0.39, 0.29) is 36.2 Å². The molecule has 5 rings (SSSR count). The van der Waals surface area contributed by atoms with E-state index in [2.05, 4.69) is 30.0 Å². The highest BCUT2D eigenvalue weighted by Crippen LogP contribution is 2.33. The van der Waals surface area contributed by atoms with Crippen LogP contribution in [0.15, 0.2) is 41.4 Å². The number of hydrogen-bond acceptors (Lipinski definition) is 15. The Labute approximate surface area is 294 Å². The lowest BCUT2D eigenvalue weighted by molar-refractivity contribution is -0.715. The molecule has 0 spiro atoms. The molecule has 2 amide bonds. The van der Waals surface area contributed by atoms with Gasteiger partial charge in [0.2, 0.25) is 5.82 Å². The van der Waals surface area contributed by atoms with Gasteiger partial charge in [-0.25, -0.2) is 23.7 Å². The first kappa shape index (κ1) is 37.4. The summed E-state index contributed by atoms with van der Waals surface area (Å²) in [5.41, 5.74) is 8.81. The van der Waals surface area contributed by atoms with E-state index in [1.807, 2.05) is 10.8 Å². The average Bonchev–Trinajstić information content (AvgIpc) is 3.67. The van der Waals surface area contributed by atoms with Crippen LogP contribution in [0.1, 0.15) is 31.7 Å². The Kier molecular flexibility index (Phi) is 10.9. The molecule has 2 saturated heterocycles. The zero-order valence-electron chi connectivity index (χ0n) is 27.3. The molecule has 2 aliphatic rings. The smallest absolute Gasteiger partial charge is 0.418 e.